The van der Waals surface area contributed by atoms with Crippen LogP contribution in [0, 0.1) is 5.92 Å². The SMILES string of the molecule is CCc1ccc(CN2CCCC(C(=O)c3ccc4c(c3)OCO4)C2)o1. The molecular formula is C20H23NO4. The van der Waals surface area contributed by atoms with E-state index in [1.165, 1.54) is 0 Å². The second kappa shape index (κ2) is 6.92. The maximum absolute atomic E-state index is 12.9. The smallest absolute Gasteiger partial charge is 0.231 e. The Morgan fingerprint density at radius 2 is 2.00 bits per heavy atom. The van der Waals surface area contributed by atoms with Crippen LogP contribution >= 0.6 is 0 Å². The predicted octanol–water partition coefficient (Wildman–Crippen LogP) is 3.67. The van der Waals surface area contributed by atoms with Crippen molar-refractivity contribution in [3.8, 4) is 11.5 Å². The Bertz CT molecular complexity index is 767. The second-order valence-electron chi connectivity index (χ2n) is 6.73. The summed E-state index contributed by atoms with van der Waals surface area (Å²) in [5.41, 5.74) is 0.711. The molecule has 0 aliphatic carbocycles. The van der Waals surface area contributed by atoms with Crippen molar-refractivity contribution in [3.05, 3.63) is 47.4 Å². The van der Waals surface area contributed by atoms with Crippen molar-refractivity contribution in [1.82, 2.24) is 4.90 Å². The first-order valence-corrected chi connectivity index (χ1v) is 8.96. The van der Waals surface area contributed by atoms with Crippen molar-refractivity contribution in [2.75, 3.05) is 19.9 Å². The number of furan rings is 1. The van der Waals surface area contributed by atoms with Gasteiger partial charge in [-0.3, -0.25) is 9.69 Å². The Morgan fingerprint density at radius 1 is 1.16 bits per heavy atom. The molecule has 5 heteroatoms. The minimum Gasteiger partial charge on any atom is -0.465 e. The molecule has 1 aromatic heterocycles. The Balaban J connectivity index is 1.42. The molecule has 0 spiro atoms. The van der Waals surface area contributed by atoms with Crippen molar-refractivity contribution < 1.29 is 18.7 Å². The van der Waals surface area contributed by atoms with Gasteiger partial charge in [0.25, 0.3) is 0 Å². The molecule has 2 aliphatic rings. The number of aryl methyl sites for hydroxylation is 1. The van der Waals surface area contributed by atoms with Crippen molar-refractivity contribution in [3.63, 3.8) is 0 Å². The van der Waals surface area contributed by atoms with Gasteiger partial charge in [-0.2, -0.15) is 0 Å². The van der Waals surface area contributed by atoms with Crippen molar-refractivity contribution in [2.24, 2.45) is 5.92 Å². The van der Waals surface area contributed by atoms with Gasteiger partial charge in [0.1, 0.15) is 11.5 Å². The highest BCUT2D eigenvalue weighted by atomic mass is 16.7. The van der Waals surface area contributed by atoms with E-state index in [1.54, 1.807) is 0 Å². The fourth-order valence-corrected chi connectivity index (χ4v) is 3.62. The van der Waals surface area contributed by atoms with Crippen LogP contribution in [0.25, 0.3) is 0 Å². The average Bonchev–Trinajstić information content (AvgIpc) is 3.29. The first-order chi connectivity index (χ1) is 12.2. The van der Waals surface area contributed by atoms with Gasteiger partial charge in [0, 0.05) is 24.4 Å². The molecule has 4 rings (SSSR count). The van der Waals surface area contributed by atoms with Crippen molar-refractivity contribution in [2.45, 2.75) is 32.7 Å². The van der Waals surface area contributed by atoms with E-state index in [-0.39, 0.29) is 18.5 Å². The van der Waals surface area contributed by atoms with E-state index in [9.17, 15) is 4.79 Å². The first-order valence-electron chi connectivity index (χ1n) is 8.96. The molecular weight excluding hydrogens is 318 g/mol. The highest BCUT2D eigenvalue weighted by Gasteiger charge is 2.28. The molecule has 5 nitrogen and oxygen atoms in total. The second-order valence-corrected chi connectivity index (χ2v) is 6.73. The normalized spacial score (nSPS) is 20.0. The van der Waals surface area contributed by atoms with E-state index < -0.39 is 0 Å². The van der Waals surface area contributed by atoms with Crippen LogP contribution in [0.3, 0.4) is 0 Å². The minimum atomic E-state index is 0.0229. The van der Waals surface area contributed by atoms with Gasteiger partial charge in [0.05, 0.1) is 6.54 Å². The number of carbonyl (C=O) groups excluding carboxylic acids is 1. The van der Waals surface area contributed by atoms with E-state index in [1.807, 2.05) is 30.3 Å². The Kier molecular flexibility index (Phi) is 4.49. The summed E-state index contributed by atoms with van der Waals surface area (Å²) in [5.74, 6) is 3.59. The van der Waals surface area contributed by atoms with Crippen molar-refractivity contribution >= 4 is 5.78 Å². The number of ether oxygens (including phenoxy) is 2. The Hall–Kier alpha value is -2.27. The zero-order valence-electron chi connectivity index (χ0n) is 14.5. The van der Waals surface area contributed by atoms with E-state index >= 15 is 0 Å². The molecule has 0 saturated carbocycles. The molecule has 1 aromatic carbocycles. The number of carbonyl (C=O) groups is 1. The highest BCUT2D eigenvalue weighted by molar-refractivity contribution is 5.98. The molecule has 2 aromatic rings. The largest absolute Gasteiger partial charge is 0.465 e. The summed E-state index contributed by atoms with van der Waals surface area (Å²) < 4.78 is 16.5. The van der Waals surface area contributed by atoms with Crippen LogP contribution < -0.4 is 9.47 Å². The lowest BCUT2D eigenvalue weighted by molar-refractivity contribution is 0.0802. The van der Waals surface area contributed by atoms with E-state index in [2.05, 4.69) is 11.8 Å². The molecule has 3 heterocycles. The van der Waals surface area contributed by atoms with Gasteiger partial charge in [0.15, 0.2) is 17.3 Å². The summed E-state index contributed by atoms with van der Waals surface area (Å²) in [7, 11) is 0. The van der Waals surface area contributed by atoms with Crippen LogP contribution in [0.15, 0.2) is 34.7 Å². The van der Waals surface area contributed by atoms with Gasteiger partial charge < -0.3 is 13.9 Å². The number of fused-ring (bicyclic) bond motifs is 1. The molecule has 0 bridgehead atoms. The maximum Gasteiger partial charge on any atom is 0.231 e. The zero-order valence-corrected chi connectivity index (χ0v) is 14.5. The van der Waals surface area contributed by atoms with Gasteiger partial charge >= 0.3 is 0 Å². The molecule has 132 valence electrons. The zero-order chi connectivity index (χ0) is 17.2. The highest BCUT2D eigenvalue weighted by Crippen LogP contribution is 2.34. The number of hydrogen-bond donors (Lipinski definition) is 0. The van der Waals surface area contributed by atoms with Gasteiger partial charge in [-0.25, -0.2) is 0 Å². The number of benzene rings is 1. The quantitative estimate of drug-likeness (QED) is 0.777. The molecule has 1 atom stereocenters. The number of rotatable bonds is 5. The van der Waals surface area contributed by atoms with Crippen LogP contribution in [-0.4, -0.2) is 30.6 Å². The molecule has 0 radical (unpaired) electrons. The number of Topliss-reactive ketones (excluding diaryl/α,β-unsaturated/α-hetero) is 1. The molecule has 0 N–H and O–H groups in total. The number of hydrogen-bond acceptors (Lipinski definition) is 5. The van der Waals surface area contributed by atoms with E-state index in [0.717, 1.165) is 50.4 Å². The summed E-state index contributed by atoms with van der Waals surface area (Å²) >= 11 is 0. The summed E-state index contributed by atoms with van der Waals surface area (Å²) in [6, 6.07) is 9.56. The topological polar surface area (TPSA) is 51.9 Å². The van der Waals surface area contributed by atoms with Gasteiger partial charge in [-0.1, -0.05) is 6.92 Å². The number of likely N-dealkylation sites (tertiary alicyclic amines) is 1. The molecule has 1 fully saturated rings. The fourth-order valence-electron chi connectivity index (χ4n) is 3.62. The molecule has 1 saturated heterocycles. The summed E-state index contributed by atoms with van der Waals surface area (Å²) in [6.07, 6.45) is 2.87. The molecule has 25 heavy (non-hydrogen) atoms. The monoisotopic (exact) mass is 341 g/mol. The standard InChI is InChI=1S/C20H23NO4/c1-2-16-6-7-17(25-16)12-21-9-3-4-15(11-21)20(22)14-5-8-18-19(10-14)24-13-23-18/h5-8,10,15H,2-4,9,11-13H2,1H3. The predicted molar refractivity (Wildman–Crippen MR) is 93.0 cm³/mol. The lowest BCUT2D eigenvalue weighted by Gasteiger charge is -2.31. The van der Waals surface area contributed by atoms with Crippen LogP contribution in [-0.2, 0) is 13.0 Å². The number of piperidine rings is 1. The first kappa shape index (κ1) is 16.2. The third kappa shape index (κ3) is 3.42. The molecule has 2 aliphatic heterocycles. The third-order valence-corrected chi connectivity index (χ3v) is 4.98. The molecule has 1 unspecified atom stereocenters. The van der Waals surface area contributed by atoms with Crippen LogP contribution in [0.2, 0.25) is 0 Å². The maximum atomic E-state index is 12.9. The summed E-state index contributed by atoms with van der Waals surface area (Å²) in [5, 5.41) is 0. The Labute approximate surface area is 147 Å². The third-order valence-electron chi connectivity index (χ3n) is 4.98. The van der Waals surface area contributed by atoms with E-state index in [0.29, 0.717) is 17.1 Å². The van der Waals surface area contributed by atoms with Crippen LogP contribution in [0.1, 0.15) is 41.6 Å². The van der Waals surface area contributed by atoms with Gasteiger partial charge in [-0.05, 0) is 49.7 Å². The van der Waals surface area contributed by atoms with Gasteiger partial charge in [-0.15, -0.1) is 0 Å². The molecule has 0 amide bonds. The van der Waals surface area contributed by atoms with E-state index in [4.69, 9.17) is 13.9 Å². The van der Waals surface area contributed by atoms with Crippen LogP contribution in [0.4, 0.5) is 0 Å². The summed E-state index contributed by atoms with van der Waals surface area (Å²) in [4.78, 5) is 15.2. The minimum absolute atomic E-state index is 0.0229. The lowest BCUT2D eigenvalue weighted by atomic mass is 9.90. The number of nitrogens with zero attached hydrogens (tertiary/aromatic N) is 1. The average molecular weight is 341 g/mol. The Morgan fingerprint density at radius 3 is 2.84 bits per heavy atom. The van der Waals surface area contributed by atoms with Gasteiger partial charge in [0.2, 0.25) is 6.79 Å². The summed E-state index contributed by atoms with van der Waals surface area (Å²) in [6.45, 7) is 4.87. The fraction of sp³-hybridized carbons (Fsp3) is 0.450. The van der Waals surface area contributed by atoms with Crippen LogP contribution in [0.5, 0.6) is 11.5 Å². The lowest BCUT2D eigenvalue weighted by Crippen LogP contribution is -2.38. The van der Waals surface area contributed by atoms with Crippen molar-refractivity contribution in [1.29, 1.82) is 0 Å². The number of ketones is 1.